The Bertz CT molecular complexity index is 1200. The Hall–Kier alpha value is -3.02. The van der Waals surface area contributed by atoms with E-state index in [0.717, 1.165) is 37.1 Å². The molecule has 0 bridgehead atoms. The van der Waals surface area contributed by atoms with Gasteiger partial charge in [0.2, 0.25) is 0 Å². The van der Waals surface area contributed by atoms with Crippen molar-refractivity contribution >= 4 is 10.9 Å². The van der Waals surface area contributed by atoms with Crippen LogP contribution in [0, 0.1) is 0 Å². The second-order valence-corrected chi connectivity index (χ2v) is 9.03. The standard InChI is InChI=1S/C24H32N6O5/c1-2-20(23-26-27-28-30(23)15-18-5-3-8-33-18)29(6-4-7-31)14-17-11-16-12-21-22(35-10-9-34-21)13-19(16)25-24(17)32/h11-13,18,20,31H,2-10,14-15H2,1H3,(H,25,32)/t18-,20+/m0/s1. The van der Waals surface area contributed by atoms with E-state index in [2.05, 4.69) is 32.3 Å². The maximum atomic E-state index is 13.0. The Balaban J connectivity index is 1.44. The molecule has 2 N–H and O–H groups in total. The molecule has 2 aromatic heterocycles. The fourth-order valence-corrected chi connectivity index (χ4v) is 4.91. The Morgan fingerprint density at radius 2 is 2.06 bits per heavy atom. The van der Waals surface area contributed by atoms with Gasteiger partial charge in [-0.25, -0.2) is 4.68 Å². The normalized spacial score (nSPS) is 18.4. The summed E-state index contributed by atoms with van der Waals surface area (Å²) in [5, 5.41) is 22.9. The molecule has 0 unspecified atom stereocenters. The van der Waals surface area contributed by atoms with Gasteiger partial charge in [0.25, 0.3) is 5.56 Å². The number of rotatable bonds is 10. The van der Waals surface area contributed by atoms with Gasteiger partial charge in [0.1, 0.15) is 13.2 Å². The molecule has 0 amide bonds. The molecule has 35 heavy (non-hydrogen) atoms. The van der Waals surface area contributed by atoms with Crippen LogP contribution in [0.3, 0.4) is 0 Å². The summed E-state index contributed by atoms with van der Waals surface area (Å²) in [7, 11) is 0. The van der Waals surface area contributed by atoms with E-state index >= 15 is 0 Å². The number of fused-ring (bicyclic) bond motifs is 2. The van der Waals surface area contributed by atoms with Crippen molar-refractivity contribution in [3.05, 3.63) is 39.9 Å². The van der Waals surface area contributed by atoms with Gasteiger partial charge in [-0.3, -0.25) is 9.69 Å². The number of tetrazole rings is 1. The van der Waals surface area contributed by atoms with Crippen LogP contribution in [-0.2, 0) is 17.8 Å². The van der Waals surface area contributed by atoms with E-state index in [-0.39, 0.29) is 24.3 Å². The molecule has 11 heteroatoms. The van der Waals surface area contributed by atoms with E-state index in [4.69, 9.17) is 14.2 Å². The van der Waals surface area contributed by atoms with Gasteiger partial charge in [0, 0.05) is 43.3 Å². The van der Waals surface area contributed by atoms with Gasteiger partial charge in [-0.05, 0) is 48.2 Å². The van der Waals surface area contributed by atoms with Crippen molar-refractivity contribution in [3.8, 4) is 11.5 Å². The fraction of sp³-hybridized carbons (Fsp3) is 0.583. The van der Waals surface area contributed by atoms with Gasteiger partial charge < -0.3 is 24.3 Å². The van der Waals surface area contributed by atoms with Gasteiger partial charge >= 0.3 is 0 Å². The molecule has 188 valence electrons. The summed E-state index contributed by atoms with van der Waals surface area (Å²) in [6, 6.07) is 5.50. The molecule has 0 saturated carbocycles. The third-order valence-corrected chi connectivity index (χ3v) is 6.65. The number of hydrogen-bond donors (Lipinski definition) is 2. The number of aromatic amines is 1. The first-order valence-corrected chi connectivity index (χ1v) is 12.3. The minimum absolute atomic E-state index is 0.0609. The molecule has 2 atom stereocenters. The maximum absolute atomic E-state index is 13.0. The minimum atomic E-state index is -0.156. The van der Waals surface area contributed by atoms with Crippen molar-refractivity contribution in [1.82, 2.24) is 30.1 Å². The number of pyridine rings is 1. The Labute approximate surface area is 203 Å². The van der Waals surface area contributed by atoms with Gasteiger partial charge in [-0.15, -0.1) is 5.10 Å². The molecule has 1 saturated heterocycles. The molecule has 1 aromatic carbocycles. The number of benzene rings is 1. The summed E-state index contributed by atoms with van der Waals surface area (Å²) in [4.78, 5) is 18.2. The van der Waals surface area contributed by atoms with E-state index in [1.165, 1.54) is 0 Å². The molecule has 11 nitrogen and oxygen atoms in total. The lowest BCUT2D eigenvalue weighted by Gasteiger charge is -2.30. The molecule has 2 aliphatic heterocycles. The molecule has 1 fully saturated rings. The van der Waals surface area contributed by atoms with Crippen molar-refractivity contribution in [2.75, 3.05) is 33.0 Å². The third kappa shape index (κ3) is 5.16. The van der Waals surface area contributed by atoms with E-state index in [0.29, 0.717) is 61.8 Å². The van der Waals surface area contributed by atoms with E-state index in [1.807, 2.05) is 22.9 Å². The highest BCUT2D eigenvalue weighted by Crippen LogP contribution is 2.34. The monoisotopic (exact) mass is 484 g/mol. The van der Waals surface area contributed by atoms with Crippen LogP contribution in [0.4, 0.5) is 0 Å². The molecule has 0 spiro atoms. The average Bonchev–Trinajstić information content (AvgIpc) is 3.55. The lowest BCUT2D eigenvalue weighted by molar-refractivity contribution is 0.0888. The first kappa shape index (κ1) is 23.7. The second-order valence-electron chi connectivity index (χ2n) is 9.03. The van der Waals surface area contributed by atoms with Gasteiger partial charge in [-0.2, -0.15) is 0 Å². The summed E-state index contributed by atoms with van der Waals surface area (Å²) in [5.74, 6) is 2.07. The summed E-state index contributed by atoms with van der Waals surface area (Å²) < 4.78 is 19.0. The number of nitrogens with one attached hydrogen (secondary N) is 1. The van der Waals surface area contributed by atoms with Crippen LogP contribution < -0.4 is 15.0 Å². The zero-order valence-corrected chi connectivity index (χ0v) is 20.0. The highest BCUT2D eigenvalue weighted by molar-refractivity contribution is 5.83. The molecular weight excluding hydrogens is 452 g/mol. The molecule has 0 radical (unpaired) electrons. The first-order chi connectivity index (χ1) is 17.2. The molecule has 5 rings (SSSR count). The maximum Gasteiger partial charge on any atom is 0.252 e. The van der Waals surface area contributed by atoms with Crippen LogP contribution >= 0.6 is 0 Å². The van der Waals surface area contributed by atoms with Crippen molar-refractivity contribution in [1.29, 1.82) is 0 Å². The Morgan fingerprint density at radius 1 is 1.23 bits per heavy atom. The average molecular weight is 485 g/mol. The van der Waals surface area contributed by atoms with Crippen LogP contribution in [0.25, 0.3) is 10.9 Å². The third-order valence-electron chi connectivity index (χ3n) is 6.65. The lowest BCUT2D eigenvalue weighted by Crippen LogP contribution is -2.34. The topological polar surface area (TPSA) is 128 Å². The summed E-state index contributed by atoms with van der Waals surface area (Å²) in [5.41, 5.74) is 1.18. The number of aliphatic hydroxyl groups is 1. The van der Waals surface area contributed by atoms with Crippen molar-refractivity contribution in [2.24, 2.45) is 0 Å². The van der Waals surface area contributed by atoms with Gasteiger partial charge in [0.15, 0.2) is 17.3 Å². The number of aromatic nitrogens is 5. The molecule has 3 aromatic rings. The second kappa shape index (κ2) is 10.7. The molecular formula is C24H32N6O5. The fourth-order valence-electron chi connectivity index (χ4n) is 4.91. The quantitative estimate of drug-likeness (QED) is 0.443. The number of H-pyrrole nitrogens is 1. The highest BCUT2D eigenvalue weighted by Gasteiger charge is 2.27. The van der Waals surface area contributed by atoms with E-state index < -0.39 is 0 Å². The van der Waals surface area contributed by atoms with Crippen LogP contribution in [0.2, 0.25) is 0 Å². The Kier molecular flexibility index (Phi) is 7.26. The molecule has 0 aliphatic carbocycles. The highest BCUT2D eigenvalue weighted by atomic mass is 16.6. The number of aliphatic hydroxyl groups excluding tert-OH is 1. The van der Waals surface area contributed by atoms with Crippen LogP contribution in [0.5, 0.6) is 11.5 Å². The van der Waals surface area contributed by atoms with Crippen LogP contribution in [-0.4, -0.2) is 74.3 Å². The van der Waals surface area contributed by atoms with Crippen molar-refractivity contribution in [3.63, 3.8) is 0 Å². The zero-order chi connectivity index (χ0) is 24.2. The first-order valence-electron chi connectivity index (χ1n) is 12.3. The zero-order valence-electron chi connectivity index (χ0n) is 20.0. The summed E-state index contributed by atoms with van der Waals surface area (Å²) in [6.07, 6.45) is 3.48. The minimum Gasteiger partial charge on any atom is -0.486 e. The number of ether oxygens (including phenoxy) is 3. The van der Waals surface area contributed by atoms with Crippen molar-refractivity contribution in [2.45, 2.75) is 57.8 Å². The SMILES string of the molecule is CC[C@H](c1nnnn1C[C@@H]1CCCO1)N(CCCO)Cc1cc2cc3c(cc2[nH]c1=O)OCCO3. The summed E-state index contributed by atoms with van der Waals surface area (Å²) in [6.45, 7) is 5.50. The lowest BCUT2D eigenvalue weighted by atomic mass is 10.1. The predicted molar refractivity (Wildman–Crippen MR) is 127 cm³/mol. The van der Waals surface area contributed by atoms with Crippen LogP contribution in [0.15, 0.2) is 23.0 Å². The molecule has 2 aliphatic rings. The van der Waals surface area contributed by atoms with Gasteiger partial charge in [-0.1, -0.05) is 6.92 Å². The van der Waals surface area contributed by atoms with Gasteiger partial charge in [0.05, 0.1) is 24.2 Å². The number of nitrogens with zero attached hydrogens (tertiary/aromatic N) is 5. The smallest absolute Gasteiger partial charge is 0.252 e. The Morgan fingerprint density at radius 3 is 2.80 bits per heavy atom. The molecule has 4 heterocycles. The van der Waals surface area contributed by atoms with Crippen molar-refractivity contribution < 1.29 is 19.3 Å². The van der Waals surface area contributed by atoms with Crippen LogP contribution in [0.1, 0.15) is 50.0 Å². The van der Waals surface area contributed by atoms with E-state index in [9.17, 15) is 9.90 Å². The predicted octanol–water partition coefficient (Wildman–Crippen LogP) is 1.80. The number of hydrogen-bond acceptors (Lipinski definition) is 9. The summed E-state index contributed by atoms with van der Waals surface area (Å²) >= 11 is 0. The van der Waals surface area contributed by atoms with E-state index in [1.54, 1.807) is 0 Å². The largest absolute Gasteiger partial charge is 0.486 e.